The standard InChI is InChI=1S/C25H20Br2FN3O2/c1-15(2)24-30-22-8-7-18(26)12-20(22)25(32)31(24)29-13-16-6-9-23(21(27)11-16)33-14-17-4-3-5-19(28)10-17/h3-13,15H,14H2,1-2H3. The molecule has 0 radical (unpaired) electrons. The third-order valence-corrected chi connectivity index (χ3v) is 6.02. The molecule has 5 nitrogen and oxygen atoms in total. The lowest BCUT2D eigenvalue weighted by Crippen LogP contribution is -2.23. The smallest absolute Gasteiger partial charge is 0.282 e. The molecule has 4 rings (SSSR count). The Kier molecular flexibility index (Phi) is 7.05. The van der Waals surface area contributed by atoms with Crippen molar-refractivity contribution in [1.29, 1.82) is 0 Å². The van der Waals surface area contributed by atoms with Crippen LogP contribution in [0, 0.1) is 5.82 Å². The van der Waals surface area contributed by atoms with E-state index in [1.807, 2.05) is 38.1 Å². The number of rotatable bonds is 6. The molecule has 0 aliphatic rings. The molecule has 33 heavy (non-hydrogen) atoms. The van der Waals surface area contributed by atoms with Crippen molar-refractivity contribution in [3.8, 4) is 5.75 Å². The summed E-state index contributed by atoms with van der Waals surface area (Å²) < 4.78 is 22.0. The SMILES string of the molecule is CC(C)c1nc2ccc(Br)cc2c(=O)n1N=Cc1ccc(OCc2cccc(F)c2)c(Br)c1. The summed E-state index contributed by atoms with van der Waals surface area (Å²) in [5.74, 6) is 0.912. The highest BCUT2D eigenvalue weighted by molar-refractivity contribution is 9.10. The lowest BCUT2D eigenvalue weighted by molar-refractivity contribution is 0.303. The number of fused-ring (bicyclic) bond motifs is 1. The van der Waals surface area contributed by atoms with E-state index in [0.29, 0.717) is 22.5 Å². The Morgan fingerprint density at radius 1 is 1.12 bits per heavy atom. The fraction of sp³-hybridized carbons (Fsp3) is 0.160. The van der Waals surface area contributed by atoms with Gasteiger partial charge in [0.05, 0.1) is 21.6 Å². The number of benzene rings is 3. The van der Waals surface area contributed by atoms with Crippen molar-refractivity contribution in [3.05, 3.63) is 103 Å². The largest absolute Gasteiger partial charge is 0.488 e. The third kappa shape index (κ3) is 5.39. The van der Waals surface area contributed by atoms with Crippen molar-refractivity contribution >= 4 is 49.0 Å². The van der Waals surface area contributed by atoms with Gasteiger partial charge >= 0.3 is 0 Å². The van der Waals surface area contributed by atoms with Crippen LogP contribution in [0.3, 0.4) is 0 Å². The van der Waals surface area contributed by atoms with Crippen LogP contribution >= 0.6 is 31.9 Å². The van der Waals surface area contributed by atoms with Crippen LogP contribution in [0.1, 0.15) is 36.7 Å². The Morgan fingerprint density at radius 2 is 1.94 bits per heavy atom. The molecule has 0 aliphatic carbocycles. The second-order valence-corrected chi connectivity index (χ2v) is 9.53. The maximum absolute atomic E-state index is 13.4. The van der Waals surface area contributed by atoms with E-state index in [4.69, 9.17) is 4.74 Å². The van der Waals surface area contributed by atoms with Gasteiger partial charge < -0.3 is 4.74 Å². The summed E-state index contributed by atoms with van der Waals surface area (Å²) in [4.78, 5) is 17.8. The maximum Gasteiger partial charge on any atom is 0.282 e. The van der Waals surface area contributed by atoms with Crippen molar-refractivity contribution in [2.45, 2.75) is 26.4 Å². The molecule has 1 heterocycles. The summed E-state index contributed by atoms with van der Waals surface area (Å²) in [6.07, 6.45) is 1.61. The molecule has 0 amide bonds. The molecule has 0 N–H and O–H groups in total. The number of hydrogen-bond donors (Lipinski definition) is 0. The number of aromatic nitrogens is 2. The fourth-order valence-electron chi connectivity index (χ4n) is 3.28. The molecule has 0 unspecified atom stereocenters. The van der Waals surface area contributed by atoms with Gasteiger partial charge in [0.1, 0.15) is 24.0 Å². The van der Waals surface area contributed by atoms with E-state index in [2.05, 4.69) is 41.9 Å². The molecule has 0 fully saturated rings. The first-order chi connectivity index (χ1) is 15.8. The quantitative estimate of drug-likeness (QED) is 0.243. The molecule has 8 heteroatoms. The molecular formula is C25H20Br2FN3O2. The Hall–Kier alpha value is -2.84. The molecule has 0 aliphatic heterocycles. The average molecular weight is 573 g/mol. The maximum atomic E-state index is 13.4. The zero-order chi connectivity index (χ0) is 23.5. The Balaban J connectivity index is 1.61. The number of nitrogens with zero attached hydrogens (tertiary/aromatic N) is 3. The van der Waals surface area contributed by atoms with Crippen molar-refractivity contribution in [1.82, 2.24) is 9.66 Å². The van der Waals surface area contributed by atoms with Crippen LogP contribution in [0.5, 0.6) is 5.75 Å². The van der Waals surface area contributed by atoms with E-state index < -0.39 is 0 Å². The lowest BCUT2D eigenvalue weighted by atomic mass is 10.2. The minimum Gasteiger partial charge on any atom is -0.488 e. The van der Waals surface area contributed by atoms with E-state index in [1.54, 1.807) is 30.5 Å². The predicted octanol–water partition coefficient (Wildman–Crippen LogP) is 6.65. The highest BCUT2D eigenvalue weighted by Crippen LogP contribution is 2.26. The van der Waals surface area contributed by atoms with Crippen molar-refractivity contribution in [3.63, 3.8) is 0 Å². The van der Waals surface area contributed by atoms with Gasteiger partial charge in [-0.2, -0.15) is 9.78 Å². The zero-order valence-corrected chi connectivity index (χ0v) is 21.1. The highest BCUT2D eigenvalue weighted by atomic mass is 79.9. The van der Waals surface area contributed by atoms with Crippen LogP contribution in [0.4, 0.5) is 4.39 Å². The summed E-state index contributed by atoms with van der Waals surface area (Å²) in [5, 5.41) is 4.94. The van der Waals surface area contributed by atoms with Crippen LogP contribution in [0.15, 0.2) is 79.5 Å². The van der Waals surface area contributed by atoms with Gasteiger partial charge in [-0.1, -0.05) is 41.9 Å². The molecule has 0 atom stereocenters. The molecule has 4 aromatic rings. The van der Waals surface area contributed by atoms with E-state index >= 15 is 0 Å². The second-order valence-electron chi connectivity index (χ2n) is 7.76. The van der Waals surface area contributed by atoms with Gasteiger partial charge in [-0.05, 0) is 75.6 Å². The van der Waals surface area contributed by atoms with Crippen LogP contribution in [-0.2, 0) is 6.61 Å². The number of hydrogen-bond acceptors (Lipinski definition) is 4. The lowest BCUT2D eigenvalue weighted by Gasteiger charge is -2.12. The number of ether oxygens (including phenoxy) is 1. The molecule has 1 aromatic heterocycles. The van der Waals surface area contributed by atoms with Crippen molar-refractivity contribution in [2.24, 2.45) is 5.10 Å². The van der Waals surface area contributed by atoms with Gasteiger partial charge in [-0.15, -0.1) is 0 Å². The Labute approximate surface area is 207 Å². The summed E-state index contributed by atoms with van der Waals surface area (Å²) in [7, 11) is 0. The van der Waals surface area contributed by atoms with E-state index in [0.717, 1.165) is 20.1 Å². The van der Waals surface area contributed by atoms with Gasteiger partial charge in [-0.3, -0.25) is 4.79 Å². The van der Waals surface area contributed by atoms with E-state index in [-0.39, 0.29) is 23.9 Å². The van der Waals surface area contributed by atoms with Crippen LogP contribution in [0.2, 0.25) is 0 Å². The molecule has 168 valence electrons. The van der Waals surface area contributed by atoms with Crippen molar-refractivity contribution in [2.75, 3.05) is 0 Å². The normalized spacial score (nSPS) is 11.6. The van der Waals surface area contributed by atoms with Crippen LogP contribution < -0.4 is 10.3 Å². The van der Waals surface area contributed by atoms with Crippen LogP contribution in [0.25, 0.3) is 10.9 Å². The first-order valence-corrected chi connectivity index (χ1v) is 11.8. The highest BCUT2D eigenvalue weighted by Gasteiger charge is 2.14. The molecule has 0 saturated heterocycles. The van der Waals surface area contributed by atoms with Gasteiger partial charge in [-0.25, -0.2) is 9.37 Å². The monoisotopic (exact) mass is 571 g/mol. The average Bonchev–Trinajstić information content (AvgIpc) is 2.78. The first kappa shape index (κ1) is 23.3. The predicted molar refractivity (Wildman–Crippen MR) is 136 cm³/mol. The van der Waals surface area contributed by atoms with Gasteiger partial charge in [0, 0.05) is 10.4 Å². The van der Waals surface area contributed by atoms with E-state index in [1.165, 1.54) is 16.8 Å². The van der Waals surface area contributed by atoms with Crippen LogP contribution in [-0.4, -0.2) is 15.9 Å². The minimum atomic E-state index is -0.298. The molecule has 0 bridgehead atoms. The summed E-state index contributed by atoms with van der Waals surface area (Å²) in [6.45, 7) is 4.19. The van der Waals surface area contributed by atoms with E-state index in [9.17, 15) is 9.18 Å². The Bertz CT molecular complexity index is 1420. The second kappa shape index (κ2) is 9.97. The topological polar surface area (TPSA) is 56.5 Å². The molecule has 0 spiro atoms. The summed E-state index contributed by atoms with van der Waals surface area (Å²) in [5.41, 5.74) is 1.93. The number of halogens is 3. The fourth-order valence-corrected chi connectivity index (χ4v) is 4.15. The minimum absolute atomic E-state index is 0.00762. The molecule has 0 saturated carbocycles. The molecular weight excluding hydrogens is 553 g/mol. The first-order valence-electron chi connectivity index (χ1n) is 10.2. The Morgan fingerprint density at radius 3 is 2.67 bits per heavy atom. The van der Waals surface area contributed by atoms with Gasteiger partial charge in [0.2, 0.25) is 0 Å². The van der Waals surface area contributed by atoms with Gasteiger partial charge in [0.15, 0.2) is 0 Å². The van der Waals surface area contributed by atoms with Gasteiger partial charge in [0.25, 0.3) is 5.56 Å². The molecule has 3 aromatic carbocycles. The van der Waals surface area contributed by atoms with Crippen molar-refractivity contribution < 1.29 is 9.13 Å². The third-order valence-electron chi connectivity index (χ3n) is 4.91. The summed E-state index contributed by atoms with van der Waals surface area (Å²) >= 11 is 6.92. The zero-order valence-electron chi connectivity index (χ0n) is 17.9. The summed E-state index contributed by atoms with van der Waals surface area (Å²) in [6, 6.07) is 17.2.